The van der Waals surface area contributed by atoms with Gasteiger partial charge in [0.15, 0.2) is 0 Å². The number of rotatable bonds is 5. The zero-order chi connectivity index (χ0) is 14.7. The Labute approximate surface area is 119 Å². The molecule has 20 heavy (non-hydrogen) atoms. The fourth-order valence-electron chi connectivity index (χ4n) is 2.42. The summed E-state index contributed by atoms with van der Waals surface area (Å²) in [6, 6.07) is 6.27. The molecular formula is C15H23NO4. The Morgan fingerprint density at radius 1 is 1.10 bits per heavy atom. The Kier molecular flexibility index (Phi) is 5.12. The molecule has 1 aliphatic heterocycles. The van der Waals surface area contributed by atoms with Crippen molar-refractivity contribution < 1.29 is 20.1 Å². The van der Waals surface area contributed by atoms with Crippen molar-refractivity contribution in [2.75, 3.05) is 13.2 Å². The van der Waals surface area contributed by atoms with Gasteiger partial charge in [-0.2, -0.15) is 0 Å². The molecule has 0 saturated carbocycles. The molecule has 1 aliphatic rings. The van der Waals surface area contributed by atoms with Crippen molar-refractivity contribution in [3.05, 3.63) is 34.9 Å². The Bertz CT molecular complexity index is 451. The number of ether oxygens (including phenoxy) is 1. The lowest BCUT2D eigenvalue weighted by Crippen LogP contribution is -2.38. The zero-order valence-electron chi connectivity index (χ0n) is 11.9. The number of hydrogen-bond acceptors (Lipinski definition) is 5. The first kappa shape index (κ1) is 15.4. The van der Waals surface area contributed by atoms with Gasteiger partial charge in [-0.25, -0.2) is 0 Å². The van der Waals surface area contributed by atoms with Crippen molar-refractivity contribution in [1.82, 2.24) is 5.32 Å². The second-order valence-electron chi connectivity index (χ2n) is 5.43. The molecule has 5 heteroatoms. The molecule has 112 valence electrons. The number of benzene rings is 1. The largest absolute Gasteiger partial charge is 0.394 e. The van der Waals surface area contributed by atoms with E-state index in [9.17, 15) is 10.2 Å². The van der Waals surface area contributed by atoms with E-state index in [1.54, 1.807) is 0 Å². The van der Waals surface area contributed by atoms with E-state index in [1.807, 2.05) is 0 Å². The highest BCUT2D eigenvalue weighted by atomic mass is 16.6. The van der Waals surface area contributed by atoms with Crippen LogP contribution in [0.1, 0.15) is 16.7 Å². The van der Waals surface area contributed by atoms with E-state index >= 15 is 0 Å². The Morgan fingerprint density at radius 3 is 2.40 bits per heavy atom. The van der Waals surface area contributed by atoms with Crippen LogP contribution in [-0.2, 0) is 11.3 Å². The molecule has 1 aromatic carbocycles. The minimum absolute atomic E-state index is 0.286. The summed E-state index contributed by atoms with van der Waals surface area (Å²) in [7, 11) is 0. The molecule has 1 saturated heterocycles. The van der Waals surface area contributed by atoms with Gasteiger partial charge in [-0.1, -0.05) is 18.2 Å². The third kappa shape index (κ3) is 3.37. The van der Waals surface area contributed by atoms with Gasteiger partial charge in [-0.15, -0.1) is 0 Å². The summed E-state index contributed by atoms with van der Waals surface area (Å²) in [4.78, 5) is 0. The second kappa shape index (κ2) is 6.65. The van der Waals surface area contributed by atoms with E-state index in [2.05, 4.69) is 37.4 Å². The Morgan fingerprint density at radius 2 is 1.80 bits per heavy atom. The molecule has 4 N–H and O–H groups in total. The first-order chi connectivity index (χ1) is 9.52. The SMILES string of the molecule is Cc1ccc(CNC[C@H]2O[C@H](CO)[C@@H](O)[C@@H]2O)cc1C. The van der Waals surface area contributed by atoms with Crippen LogP contribution in [0.3, 0.4) is 0 Å². The normalized spacial score (nSPS) is 29.9. The van der Waals surface area contributed by atoms with Gasteiger partial charge >= 0.3 is 0 Å². The average molecular weight is 281 g/mol. The number of hydrogen-bond donors (Lipinski definition) is 4. The molecule has 0 aromatic heterocycles. The van der Waals surface area contributed by atoms with Crippen LogP contribution in [0.25, 0.3) is 0 Å². The van der Waals surface area contributed by atoms with Gasteiger partial charge in [0.1, 0.15) is 18.3 Å². The summed E-state index contributed by atoms with van der Waals surface area (Å²) < 4.78 is 5.40. The second-order valence-corrected chi connectivity index (χ2v) is 5.43. The monoisotopic (exact) mass is 281 g/mol. The molecule has 0 spiro atoms. The summed E-state index contributed by atoms with van der Waals surface area (Å²) in [5, 5.41) is 31.7. The molecule has 0 radical (unpaired) electrons. The highest BCUT2D eigenvalue weighted by Crippen LogP contribution is 2.20. The zero-order valence-corrected chi connectivity index (χ0v) is 11.9. The molecule has 1 heterocycles. The molecule has 5 nitrogen and oxygen atoms in total. The van der Waals surface area contributed by atoms with Crippen molar-refractivity contribution in [3.63, 3.8) is 0 Å². The highest BCUT2D eigenvalue weighted by Gasteiger charge is 2.41. The molecular weight excluding hydrogens is 258 g/mol. The van der Waals surface area contributed by atoms with Gasteiger partial charge in [0.2, 0.25) is 0 Å². The van der Waals surface area contributed by atoms with Crippen molar-refractivity contribution in [3.8, 4) is 0 Å². The Balaban J connectivity index is 1.82. The molecule has 0 bridgehead atoms. The molecule has 4 atom stereocenters. The van der Waals surface area contributed by atoms with Crippen molar-refractivity contribution in [2.24, 2.45) is 0 Å². The van der Waals surface area contributed by atoms with Gasteiger partial charge in [-0.3, -0.25) is 0 Å². The summed E-state index contributed by atoms with van der Waals surface area (Å²) in [6.07, 6.45) is -3.17. The number of aryl methyl sites for hydroxylation is 2. The summed E-state index contributed by atoms with van der Waals surface area (Å²) >= 11 is 0. The third-order valence-electron chi connectivity index (χ3n) is 3.89. The molecule has 0 aliphatic carbocycles. The lowest BCUT2D eigenvalue weighted by Gasteiger charge is -2.15. The van der Waals surface area contributed by atoms with Crippen LogP contribution in [0.2, 0.25) is 0 Å². The lowest BCUT2D eigenvalue weighted by atomic mass is 10.1. The van der Waals surface area contributed by atoms with Crippen LogP contribution in [-0.4, -0.2) is 52.9 Å². The fraction of sp³-hybridized carbons (Fsp3) is 0.600. The predicted octanol–water partition coefficient (Wildman–Crippen LogP) is -0.125. The van der Waals surface area contributed by atoms with E-state index in [4.69, 9.17) is 9.84 Å². The fourth-order valence-corrected chi connectivity index (χ4v) is 2.42. The van der Waals surface area contributed by atoms with Crippen molar-refractivity contribution in [2.45, 2.75) is 44.8 Å². The van der Waals surface area contributed by atoms with E-state index in [-0.39, 0.29) is 6.61 Å². The molecule has 1 aromatic rings. The minimum Gasteiger partial charge on any atom is -0.394 e. The van der Waals surface area contributed by atoms with Crippen LogP contribution < -0.4 is 5.32 Å². The summed E-state index contributed by atoms with van der Waals surface area (Å²) in [6.45, 7) is 4.97. The molecule has 0 unspecified atom stereocenters. The summed E-state index contributed by atoms with van der Waals surface area (Å²) in [5.74, 6) is 0. The maximum Gasteiger partial charge on any atom is 0.111 e. The quantitative estimate of drug-likeness (QED) is 0.605. The average Bonchev–Trinajstić information content (AvgIpc) is 2.70. The van der Waals surface area contributed by atoms with E-state index in [1.165, 1.54) is 16.7 Å². The van der Waals surface area contributed by atoms with Crippen LogP contribution in [0.15, 0.2) is 18.2 Å². The maximum atomic E-state index is 9.81. The first-order valence-electron chi connectivity index (χ1n) is 6.92. The lowest BCUT2D eigenvalue weighted by molar-refractivity contribution is -0.0213. The smallest absolute Gasteiger partial charge is 0.111 e. The van der Waals surface area contributed by atoms with Crippen LogP contribution in [0, 0.1) is 13.8 Å². The minimum atomic E-state index is -1.02. The standard InChI is InChI=1S/C15H23NO4/c1-9-3-4-11(5-10(9)2)6-16-7-12-14(18)15(19)13(8-17)20-12/h3-5,12-19H,6-8H2,1-2H3/t12-,13-,14-,15-/m1/s1. The maximum absolute atomic E-state index is 9.81. The van der Waals surface area contributed by atoms with Crippen LogP contribution in [0.5, 0.6) is 0 Å². The van der Waals surface area contributed by atoms with Gasteiger partial charge in [-0.05, 0) is 30.5 Å². The molecule has 0 amide bonds. The number of aliphatic hydroxyl groups is 3. The first-order valence-corrected chi connectivity index (χ1v) is 6.92. The van der Waals surface area contributed by atoms with E-state index in [0.717, 1.165) is 0 Å². The van der Waals surface area contributed by atoms with Gasteiger partial charge in [0.25, 0.3) is 0 Å². The van der Waals surface area contributed by atoms with Gasteiger partial charge < -0.3 is 25.4 Å². The van der Waals surface area contributed by atoms with E-state index < -0.39 is 24.4 Å². The van der Waals surface area contributed by atoms with Gasteiger partial charge in [0, 0.05) is 13.1 Å². The number of aliphatic hydroxyl groups excluding tert-OH is 3. The van der Waals surface area contributed by atoms with Crippen LogP contribution in [0.4, 0.5) is 0 Å². The van der Waals surface area contributed by atoms with Crippen molar-refractivity contribution >= 4 is 0 Å². The van der Waals surface area contributed by atoms with Gasteiger partial charge in [0.05, 0.1) is 12.7 Å². The third-order valence-corrected chi connectivity index (χ3v) is 3.89. The van der Waals surface area contributed by atoms with E-state index in [0.29, 0.717) is 13.1 Å². The Hall–Kier alpha value is -0.980. The molecule has 2 rings (SSSR count). The number of nitrogens with one attached hydrogen (secondary N) is 1. The highest BCUT2D eigenvalue weighted by molar-refractivity contribution is 5.29. The van der Waals surface area contributed by atoms with Crippen LogP contribution >= 0.6 is 0 Å². The summed E-state index contributed by atoms with van der Waals surface area (Å²) in [5.41, 5.74) is 3.68. The topological polar surface area (TPSA) is 82.0 Å². The predicted molar refractivity (Wildman–Crippen MR) is 75.4 cm³/mol. The molecule has 1 fully saturated rings. The van der Waals surface area contributed by atoms with Crippen molar-refractivity contribution in [1.29, 1.82) is 0 Å².